The van der Waals surface area contributed by atoms with E-state index in [1.54, 1.807) is 6.07 Å². The maximum Gasteiger partial charge on any atom is 0.446 e. The van der Waals surface area contributed by atoms with E-state index in [9.17, 15) is 18.0 Å². The van der Waals surface area contributed by atoms with E-state index >= 15 is 0 Å². The minimum absolute atomic E-state index is 0.0184. The molecule has 0 saturated carbocycles. The van der Waals surface area contributed by atoms with Crippen LogP contribution in [-0.2, 0) is 4.79 Å². The Labute approximate surface area is 120 Å². The summed E-state index contributed by atoms with van der Waals surface area (Å²) >= 11 is 11.1. The largest absolute Gasteiger partial charge is 0.446 e. The van der Waals surface area contributed by atoms with Crippen LogP contribution in [0.3, 0.4) is 0 Å². The van der Waals surface area contributed by atoms with Crippen LogP contribution in [0.5, 0.6) is 0 Å². The number of halogens is 5. The van der Waals surface area contributed by atoms with Gasteiger partial charge in [-0.2, -0.15) is 18.4 Å². The van der Waals surface area contributed by atoms with Crippen molar-refractivity contribution in [1.29, 1.82) is 5.26 Å². The molecule has 1 amide bonds. The van der Waals surface area contributed by atoms with Gasteiger partial charge in [0.25, 0.3) is 0 Å². The summed E-state index contributed by atoms with van der Waals surface area (Å²) in [5.41, 5.74) is -4.48. The molecule has 0 bridgehead atoms. The molecule has 1 aromatic carbocycles. The number of anilines is 1. The third kappa shape index (κ3) is 5.19. The van der Waals surface area contributed by atoms with Crippen molar-refractivity contribution in [3.63, 3.8) is 0 Å². The number of carbonyl (C=O) groups is 1. The Morgan fingerprint density at radius 2 is 1.89 bits per heavy atom. The monoisotopic (exact) mass is 328 g/mol. The van der Waals surface area contributed by atoms with Crippen LogP contribution in [0.1, 0.15) is 6.42 Å². The van der Waals surface area contributed by atoms with Crippen LogP contribution in [0.4, 0.5) is 18.9 Å². The van der Waals surface area contributed by atoms with Crippen molar-refractivity contribution in [2.75, 3.05) is 5.32 Å². The van der Waals surface area contributed by atoms with E-state index < -0.39 is 17.8 Å². The van der Waals surface area contributed by atoms with Gasteiger partial charge in [-0.1, -0.05) is 23.2 Å². The van der Waals surface area contributed by atoms with Crippen LogP contribution in [-0.4, -0.2) is 11.4 Å². The average molecular weight is 329 g/mol. The number of hydrogen-bond donors (Lipinski definition) is 1. The number of rotatable bonds is 3. The van der Waals surface area contributed by atoms with Crippen LogP contribution < -0.4 is 5.32 Å². The molecule has 0 atom stereocenters. The highest BCUT2D eigenvalue weighted by molar-refractivity contribution is 8.00. The van der Waals surface area contributed by atoms with Crippen LogP contribution in [0, 0.1) is 11.3 Å². The predicted octanol–water partition coefficient (Wildman–Crippen LogP) is 4.46. The second-order valence-corrected chi connectivity index (χ2v) is 5.15. The van der Waals surface area contributed by atoms with Crippen molar-refractivity contribution in [3.8, 4) is 6.07 Å². The Morgan fingerprint density at radius 3 is 2.32 bits per heavy atom. The Bertz CT molecular complexity index is 520. The van der Waals surface area contributed by atoms with Crippen LogP contribution in [0.25, 0.3) is 0 Å². The number of hydrogen-bond acceptors (Lipinski definition) is 3. The van der Waals surface area contributed by atoms with E-state index in [0.717, 1.165) is 12.1 Å². The number of alkyl halides is 3. The van der Waals surface area contributed by atoms with Gasteiger partial charge in [0.2, 0.25) is 5.91 Å². The van der Waals surface area contributed by atoms with Crippen LogP contribution in [0.2, 0.25) is 10.0 Å². The normalized spacial score (nSPS) is 10.9. The standard InChI is InChI=1S/C10H5Cl2F3N2OS/c11-6-3-5(19-10(13,14)15)4-7(12)9(6)17-8(18)1-2-16/h3-4H,1H2,(H,17,18). The van der Waals surface area contributed by atoms with E-state index in [2.05, 4.69) is 5.32 Å². The fraction of sp³-hybridized carbons (Fsp3) is 0.200. The number of nitrogens with zero attached hydrogens (tertiary/aromatic N) is 1. The van der Waals surface area contributed by atoms with Crippen LogP contribution in [0.15, 0.2) is 17.0 Å². The lowest BCUT2D eigenvalue weighted by Gasteiger charge is -2.11. The fourth-order valence-corrected chi connectivity index (χ4v) is 2.45. The topological polar surface area (TPSA) is 52.9 Å². The van der Waals surface area contributed by atoms with E-state index in [0.29, 0.717) is 0 Å². The van der Waals surface area contributed by atoms with Gasteiger partial charge in [0, 0.05) is 4.90 Å². The molecule has 0 saturated heterocycles. The first kappa shape index (κ1) is 16.0. The zero-order valence-electron chi connectivity index (χ0n) is 9.02. The molecule has 1 rings (SSSR count). The molecule has 0 spiro atoms. The van der Waals surface area contributed by atoms with Crippen molar-refractivity contribution >= 4 is 46.6 Å². The Morgan fingerprint density at radius 1 is 1.37 bits per heavy atom. The van der Waals surface area contributed by atoms with Crippen LogP contribution >= 0.6 is 35.0 Å². The first-order valence-electron chi connectivity index (χ1n) is 4.64. The molecule has 0 aromatic heterocycles. The van der Waals surface area contributed by atoms with Gasteiger partial charge in [0.1, 0.15) is 6.42 Å². The van der Waals surface area contributed by atoms with Gasteiger partial charge in [-0.25, -0.2) is 0 Å². The Kier molecular flexibility index (Phi) is 5.35. The minimum Gasteiger partial charge on any atom is -0.323 e. The van der Waals surface area contributed by atoms with E-state index in [4.69, 9.17) is 28.5 Å². The number of benzene rings is 1. The summed E-state index contributed by atoms with van der Waals surface area (Å²) in [6, 6.07) is 3.69. The van der Waals surface area contributed by atoms with Crippen molar-refractivity contribution in [1.82, 2.24) is 0 Å². The van der Waals surface area contributed by atoms with E-state index in [-0.39, 0.29) is 32.4 Å². The number of thioether (sulfide) groups is 1. The third-order valence-corrected chi connectivity index (χ3v) is 3.05. The molecule has 0 radical (unpaired) electrons. The zero-order valence-corrected chi connectivity index (χ0v) is 11.3. The average Bonchev–Trinajstić information content (AvgIpc) is 2.21. The van der Waals surface area contributed by atoms with Crippen molar-refractivity contribution in [2.24, 2.45) is 0 Å². The SMILES string of the molecule is N#CCC(=O)Nc1c(Cl)cc(SC(F)(F)F)cc1Cl. The second kappa shape index (κ2) is 6.37. The van der Waals surface area contributed by atoms with Gasteiger partial charge in [-0.15, -0.1) is 0 Å². The summed E-state index contributed by atoms with van der Waals surface area (Å²) < 4.78 is 36.6. The Hall–Kier alpha value is -1.10. The summed E-state index contributed by atoms with van der Waals surface area (Å²) in [7, 11) is 0. The molecule has 0 heterocycles. The molecule has 0 aliphatic carbocycles. The summed E-state index contributed by atoms with van der Waals surface area (Å²) in [6.45, 7) is 0. The maximum atomic E-state index is 12.2. The smallest absolute Gasteiger partial charge is 0.323 e. The summed E-state index contributed by atoms with van der Waals surface area (Å²) in [5, 5.41) is 10.3. The predicted molar refractivity (Wildman–Crippen MR) is 67.2 cm³/mol. The summed E-state index contributed by atoms with van der Waals surface area (Å²) in [6.07, 6.45) is -0.411. The molecule has 0 unspecified atom stereocenters. The number of carbonyl (C=O) groups excluding carboxylic acids is 1. The zero-order chi connectivity index (χ0) is 14.6. The third-order valence-electron chi connectivity index (χ3n) is 1.75. The molecule has 0 fully saturated rings. The highest BCUT2D eigenvalue weighted by atomic mass is 35.5. The first-order valence-corrected chi connectivity index (χ1v) is 6.22. The highest BCUT2D eigenvalue weighted by Gasteiger charge is 2.30. The molecule has 9 heteroatoms. The lowest BCUT2D eigenvalue weighted by molar-refractivity contribution is -0.115. The molecular formula is C10H5Cl2F3N2OS. The van der Waals surface area contributed by atoms with Gasteiger partial charge in [0.05, 0.1) is 21.8 Å². The first-order chi connectivity index (χ1) is 8.73. The number of nitrogens with one attached hydrogen (secondary N) is 1. The Balaban J connectivity index is 2.98. The van der Waals surface area contributed by atoms with Gasteiger partial charge in [0.15, 0.2) is 0 Å². The maximum absolute atomic E-state index is 12.2. The second-order valence-electron chi connectivity index (χ2n) is 3.19. The lowest BCUT2D eigenvalue weighted by Crippen LogP contribution is -2.11. The van der Waals surface area contributed by atoms with E-state index in [1.807, 2.05) is 0 Å². The molecule has 0 aliphatic rings. The summed E-state index contributed by atoms with van der Waals surface area (Å²) in [4.78, 5) is 11.0. The molecule has 102 valence electrons. The molecule has 1 N–H and O–H groups in total. The molecule has 1 aromatic rings. The van der Waals surface area contributed by atoms with Gasteiger partial charge >= 0.3 is 5.51 Å². The minimum atomic E-state index is -4.46. The number of amides is 1. The van der Waals surface area contributed by atoms with Crippen molar-refractivity contribution in [3.05, 3.63) is 22.2 Å². The molecule has 19 heavy (non-hydrogen) atoms. The van der Waals surface area contributed by atoms with E-state index in [1.165, 1.54) is 0 Å². The lowest BCUT2D eigenvalue weighted by atomic mass is 10.3. The molecule has 3 nitrogen and oxygen atoms in total. The molecule has 0 aliphatic heterocycles. The van der Waals surface area contributed by atoms with Gasteiger partial charge in [-0.05, 0) is 23.9 Å². The van der Waals surface area contributed by atoms with Crippen molar-refractivity contribution < 1.29 is 18.0 Å². The van der Waals surface area contributed by atoms with Crippen molar-refractivity contribution in [2.45, 2.75) is 16.8 Å². The number of nitriles is 1. The van der Waals surface area contributed by atoms with Gasteiger partial charge in [-0.3, -0.25) is 4.79 Å². The summed E-state index contributed by atoms with van der Waals surface area (Å²) in [5.74, 6) is -0.650. The highest BCUT2D eigenvalue weighted by Crippen LogP contribution is 2.41. The van der Waals surface area contributed by atoms with Gasteiger partial charge < -0.3 is 5.32 Å². The quantitative estimate of drug-likeness (QED) is 0.833. The molecular weight excluding hydrogens is 324 g/mol. The fourth-order valence-electron chi connectivity index (χ4n) is 1.12.